The number of fused-ring (bicyclic) bond motifs is 1. The summed E-state index contributed by atoms with van der Waals surface area (Å²) in [5.41, 5.74) is 2.84. The van der Waals surface area contributed by atoms with E-state index in [0.29, 0.717) is 42.6 Å². The Bertz CT molecular complexity index is 1060. The van der Waals surface area contributed by atoms with E-state index in [-0.39, 0.29) is 12.5 Å². The summed E-state index contributed by atoms with van der Waals surface area (Å²) < 4.78 is 33.3. The molecule has 31 heavy (non-hydrogen) atoms. The topological polar surface area (TPSA) is 66.9 Å². The van der Waals surface area contributed by atoms with E-state index in [0.717, 1.165) is 30.5 Å². The maximum atomic E-state index is 13.0. The van der Waals surface area contributed by atoms with E-state index in [1.54, 1.807) is 27.4 Å². The van der Waals surface area contributed by atoms with Gasteiger partial charge in [-0.3, -0.25) is 4.79 Å². The van der Waals surface area contributed by atoms with E-state index in [4.69, 9.17) is 4.74 Å². The van der Waals surface area contributed by atoms with Crippen molar-refractivity contribution >= 4 is 21.6 Å². The summed E-state index contributed by atoms with van der Waals surface area (Å²) in [6, 6.07) is 12.9. The number of ether oxygens (including phenoxy) is 1. The van der Waals surface area contributed by atoms with Gasteiger partial charge >= 0.3 is 0 Å². The fourth-order valence-corrected chi connectivity index (χ4v) is 5.81. The Kier molecular flexibility index (Phi) is 6.34. The first-order chi connectivity index (χ1) is 14.9. The van der Waals surface area contributed by atoms with Crippen LogP contribution in [-0.2, 0) is 21.2 Å². The Morgan fingerprint density at radius 1 is 1.03 bits per heavy atom. The first-order valence-electron chi connectivity index (χ1n) is 11.0. The van der Waals surface area contributed by atoms with Gasteiger partial charge in [0.1, 0.15) is 5.75 Å². The minimum Gasteiger partial charge on any atom is -0.484 e. The van der Waals surface area contributed by atoms with Crippen molar-refractivity contribution in [3.05, 3.63) is 53.6 Å². The van der Waals surface area contributed by atoms with Crippen LogP contribution in [0.25, 0.3) is 0 Å². The SMILES string of the molecule is CC(C)c1cccc(OCC(=O)N2CCc3cc(S(=O)(=O)N4CCCCC4)ccc32)c1. The number of hydrogen-bond donors (Lipinski definition) is 0. The highest BCUT2D eigenvalue weighted by atomic mass is 32.2. The Labute approximate surface area is 184 Å². The summed E-state index contributed by atoms with van der Waals surface area (Å²) in [7, 11) is -3.47. The van der Waals surface area contributed by atoms with Crippen LogP contribution in [-0.4, -0.2) is 44.9 Å². The zero-order chi connectivity index (χ0) is 22.0. The normalized spacial score (nSPS) is 17.1. The van der Waals surface area contributed by atoms with Crippen molar-refractivity contribution < 1.29 is 17.9 Å². The van der Waals surface area contributed by atoms with Crippen LogP contribution < -0.4 is 9.64 Å². The number of anilines is 1. The Morgan fingerprint density at radius 2 is 1.81 bits per heavy atom. The molecule has 2 aromatic rings. The quantitative estimate of drug-likeness (QED) is 0.679. The molecule has 0 aliphatic carbocycles. The van der Waals surface area contributed by atoms with Crippen molar-refractivity contribution in [2.24, 2.45) is 0 Å². The molecule has 2 heterocycles. The van der Waals surface area contributed by atoms with Gasteiger partial charge in [-0.05, 0) is 66.6 Å². The van der Waals surface area contributed by atoms with Gasteiger partial charge in [0, 0.05) is 25.3 Å². The zero-order valence-corrected chi connectivity index (χ0v) is 19.0. The Hall–Kier alpha value is -2.38. The first-order valence-corrected chi connectivity index (χ1v) is 12.5. The lowest BCUT2D eigenvalue weighted by Crippen LogP contribution is -2.35. The molecular weight excluding hydrogens is 412 g/mol. The number of rotatable bonds is 6. The van der Waals surface area contributed by atoms with Crippen molar-refractivity contribution in [3.8, 4) is 5.75 Å². The van der Waals surface area contributed by atoms with Gasteiger partial charge in [0.2, 0.25) is 10.0 Å². The maximum Gasteiger partial charge on any atom is 0.264 e. The summed E-state index contributed by atoms with van der Waals surface area (Å²) in [6.07, 6.45) is 3.55. The second-order valence-corrected chi connectivity index (χ2v) is 10.5. The molecule has 2 aromatic carbocycles. The van der Waals surface area contributed by atoms with Crippen LogP contribution >= 0.6 is 0 Å². The lowest BCUT2D eigenvalue weighted by atomic mass is 10.0. The van der Waals surface area contributed by atoms with Crippen molar-refractivity contribution in [2.75, 3.05) is 31.1 Å². The summed E-state index contributed by atoms with van der Waals surface area (Å²) in [5, 5.41) is 0. The van der Waals surface area contributed by atoms with Gasteiger partial charge < -0.3 is 9.64 Å². The van der Waals surface area contributed by atoms with Gasteiger partial charge in [0.05, 0.1) is 4.90 Å². The Morgan fingerprint density at radius 3 is 2.55 bits per heavy atom. The monoisotopic (exact) mass is 442 g/mol. The predicted molar refractivity (Wildman–Crippen MR) is 121 cm³/mol. The molecule has 6 nitrogen and oxygen atoms in total. The molecule has 0 aromatic heterocycles. The van der Waals surface area contributed by atoms with Gasteiger partial charge in [-0.1, -0.05) is 32.4 Å². The highest BCUT2D eigenvalue weighted by Gasteiger charge is 2.30. The van der Waals surface area contributed by atoms with Gasteiger partial charge in [0.25, 0.3) is 5.91 Å². The van der Waals surface area contributed by atoms with Crippen molar-refractivity contribution in [1.29, 1.82) is 0 Å². The maximum absolute atomic E-state index is 13.0. The molecule has 1 amide bonds. The van der Waals surface area contributed by atoms with E-state index in [1.165, 1.54) is 5.56 Å². The number of amides is 1. The Balaban J connectivity index is 1.45. The van der Waals surface area contributed by atoms with E-state index in [1.807, 2.05) is 24.3 Å². The molecule has 0 bridgehead atoms. The zero-order valence-electron chi connectivity index (χ0n) is 18.2. The number of hydrogen-bond acceptors (Lipinski definition) is 4. The summed E-state index contributed by atoms with van der Waals surface area (Å²) >= 11 is 0. The van der Waals surface area contributed by atoms with Crippen LogP contribution in [0.3, 0.4) is 0 Å². The lowest BCUT2D eigenvalue weighted by Gasteiger charge is -2.26. The van der Waals surface area contributed by atoms with E-state index >= 15 is 0 Å². The van der Waals surface area contributed by atoms with Crippen LogP contribution in [0.5, 0.6) is 5.75 Å². The molecule has 2 aliphatic heterocycles. The molecule has 0 atom stereocenters. The molecule has 0 radical (unpaired) electrons. The molecule has 166 valence electrons. The molecule has 7 heteroatoms. The molecule has 2 aliphatic rings. The number of carbonyl (C=O) groups is 1. The third-order valence-corrected chi connectivity index (χ3v) is 7.98. The van der Waals surface area contributed by atoms with Gasteiger partial charge in [-0.15, -0.1) is 0 Å². The highest BCUT2D eigenvalue weighted by molar-refractivity contribution is 7.89. The number of piperidine rings is 1. The van der Waals surface area contributed by atoms with Crippen LogP contribution in [0.4, 0.5) is 5.69 Å². The predicted octanol–water partition coefficient (Wildman–Crippen LogP) is 3.95. The molecule has 1 fully saturated rings. The first kappa shape index (κ1) is 21.8. The molecule has 1 saturated heterocycles. The summed E-state index contributed by atoms with van der Waals surface area (Å²) in [4.78, 5) is 14.8. The fourth-order valence-electron chi connectivity index (χ4n) is 4.24. The van der Waals surface area contributed by atoms with Crippen LogP contribution in [0, 0.1) is 0 Å². The fraction of sp³-hybridized carbons (Fsp3) is 0.458. The smallest absolute Gasteiger partial charge is 0.264 e. The minimum absolute atomic E-state index is 0.0468. The molecule has 0 N–H and O–H groups in total. The second kappa shape index (κ2) is 9.01. The molecule has 0 unspecified atom stereocenters. The van der Waals surface area contributed by atoms with Crippen LogP contribution in [0.2, 0.25) is 0 Å². The van der Waals surface area contributed by atoms with E-state index in [9.17, 15) is 13.2 Å². The van der Waals surface area contributed by atoms with Gasteiger partial charge in [0.15, 0.2) is 6.61 Å². The number of benzene rings is 2. The number of sulfonamides is 1. The summed E-state index contributed by atoms with van der Waals surface area (Å²) in [5.74, 6) is 0.947. The highest BCUT2D eigenvalue weighted by Crippen LogP contribution is 2.32. The summed E-state index contributed by atoms with van der Waals surface area (Å²) in [6.45, 7) is 5.89. The molecule has 4 rings (SSSR count). The van der Waals surface area contributed by atoms with E-state index < -0.39 is 10.0 Å². The van der Waals surface area contributed by atoms with Gasteiger partial charge in [-0.25, -0.2) is 8.42 Å². The third-order valence-electron chi connectivity index (χ3n) is 6.09. The molecular formula is C24H30N2O4S. The van der Waals surface area contributed by atoms with Crippen LogP contribution in [0.15, 0.2) is 47.4 Å². The van der Waals surface area contributed by atoms with Gasteiger partial charge in [-0.2, -0.15) is 4.31 Å². The second-order valence-electron chi connectivity index (χ2n) is 8.57. The lowest BCUT2D eigenvalue weighted by molar-refractivity contribution is -0.120. The largest absolute Gasteiger partial charge is 0.484 e. The van der Waals surface area contributed by atoms with Crippen molar-refractivity contribution in [1.82, 2.24) is 4.31 Å². The van der Waals surface area contributed by atoms with Crippen LogP contribution in [0.1, 0.15) is 50.2 Å². The standard InChI is InChI=1S/C24H30N2O4S/c1-18(2)19-7-6-8-21(15-19)30-17-24(27)26-14-11-20-16-22(9-10-23(20)26)31(28,29)25-12-4-3-5-13-25/h6-10,15-16,18H,3-5,11-14,17H2,1-2H3. The molecule has 0 saturated carbocycles. The van der Waals surface area contributed by atoms with Crippen molar-refractivity contribution in [2.45, 2.75) is 50.3 Å². The number of nitrogens with zero attached hydrogens (tertiary/aromatic N) is 2. The average Bonchev–Trinajstić information content (AvgIpc) is 3.21. The third kappa shape index (κ3) is 4.62. The number of carbonyl (C=O) groups excluding carboxylic acids is 1. The minimum atomic E-state index is -3.47. The molecule has 0 spiro atoms. The van der Waals surface area contributed by atoms with Crippen molar-refractivity contribution in [3.63, 3.8) is 0 Å². The average molecular weight is 443 g/mol. The van der Waals surface area contributed by atoms with E-state index in [2.05, 4.69) is 13.8 Å².